The molecule has 0 aliphatic carbocycles. The van der Waals surface area contributed by atoms with Crippen LogP contribution in [0.15, 0.2) is 60.7 Å². The summed E-state index contributed by atoms with van der Waals surface area (Å²) >= 11 is 0. The van der Waals surface area contributed by atoms with Crippen LogP contribution in [0, 0.1) is 13.8 Å². The van der Waals surface area contributed by atoms with Gasteiger partial charge in [-0.2, -0.15) is 5.10 Å². The second-order valence-electron chi connectivity index (χ2n) is 8.17. The summed E-state index contributed by atoms with van der Waals surface area (Å²) in [5.41, 5.74) is 2.29. The van der Waals surface area contributed by atoms with Gasteiger partial charge < -0.3 is 10.6 Å². The van der Waals surface area contributed by atoms with Gasteiger partial charge in [0.25, 0.3) is 5.91 Å². The Labute approximate surface area is 186 Å². The Morgan fingerprint density at radius 2 is 1.75 bits per heavy atom. The number of urea groups is 1. The van der Waals surface area contributed by atoms with Gasteiger partial charge in [0.1, 0.15) is 17.9 Å². The van der Waals surface area contributed by atoms with E-state index in [1.807, 2.05) is 68.4 Å². The number of benzene rings is 2. The van der Waals surface area contributed by atoms with E-state index in [-0.39, 0.29) is 6.54 Å². The van der Waals surface area contributed by atoms with Crippen molar-refractivity contribution in [2.45, 2.75) is 32.9 Å². The lowest BCUT2D eigenvalue weighted by atomic mass is 9.91. The Bertz CT molecular complexity index is 1170. The first kappa shape index (κ1) is 21.3. The molecule has 1 unspecified atom stereocenters. The largest absolute Gasteiger partial charge is 0.325 e. The van der Waals surface area contributed by atoms with E-state index in [1.165, 1.54) is 0 Å². The summed E-state index contributed by atoms with van der Waals surface area (Å²) in [6.07, 6.45) is 0. The Hall–Kier alpha value is -3.94. The maximum absolute atomic E-state index is 13.1. The fourth-order valence-corrected chi connectivity index (χ4v) is 3.77. The van der Waals surface area contributed by atoms with Crippen molar-refractivity contribution in [1.29, 1.82) is 0 Å². The lowest BCUT2D eigenvalue weighted by Gasteiger charge is -2.22. The highest BCUT2D eigenvalue weighted by atomic mass is 16.2. The van der Waals surface area contributed by atoms with Crippen LogP contribution in [-0.4, -0.2) is 39.1 Å². The normalized spacial score (nSPS) is 18.0. The summed E-state index contributed by atoms with van der Waals surface area (Å²) in [6, 6.07) is 18.3. The molecule has 32 heavy (non-hydrogen) atoms. The zero-order valence-electron chi connectivity index (χ0n) is 18.3. The number of imide groups is 1. The highest BCUT2D eigenvalue weighted by Gasteiger charge is 2.49. The van der Waals surface area contributed by atoms with E-state index >= 15 is 0 Å². The molecule has 1 aliphatic rings. The molecular formula is C24H25N5O3. The standard InChI is InChI=1S/C24H25N5O3/c1-16-9-11-19(12-10-16)24(3)22(31)28(23(32)26-24)15-21(30)25-20-13-17(2)27-29(20)14-18-7-5-4-6-8-18/h4-13H,14-15H2,1-3H3,(H,25,30)(H,26,32). The zero-order chi connectivity index (χ0) is 22.9. The second-order valence-corrected chi connectivity index (χ2v) is 8.17. The van der Waals surface area contributed by atoms with Crippen LogP contribution in [-0.2, 0) is 21.7 Å². The molecule has 3 aromatic rings. The number of aryl methyl sites for hydroxylation is 2. The maximum Gasteiger partial charge on any atom is 0.325 e. The Balaban J connectivity index is 1.47. The van der Waals surface area contributed by atoms with Gasteiger partial charge in [0.2, 0.25) is 5.91 Å². The first-order valence-electron chi connectivity index (χ1n) is 10.4. The number of hydrogen-bond acceptors (Lipinski definition) is 4. The first-order valence-corrected chi connectivity index (χ1v) is 10.4. The Morgan fingerprint density at radius 3 is 2.44 bits per heavy atom. The van der Waals surface area contributed by atoms with Gasteiger partial charge in [-0.1, -0.05) is 60.2 Å². The van der Waals surface area contributed by atoms with Gasteiger partial charge >= 0.3 is 6.03 Å². The fourth-order valence-electron chi connectivity index (χ4n) is 3.77. The highest BCUT2D eigenvalue weighted by Crippen LogP contribution is 2.29. The SMILES string of the molecule is Cc1ccc(C2(C)NC(=O)N(CC(=O)Nc3cc(C)nn3Cc3ccccc3)C2=O)cc1. The van der Waals surface area contributed by atoms with Crippen LogP contribution in [0.25, 0.3) is 0 Å². The van der Waals surface area contributed by atoms with Crippen molar-refractivity contribution in [1.82, 2.24) is 20.0 Å². The third-order valence-electron chi connectivity index (χ3n) is 5.55. The molecule has 0 saturated carbocycles. The smallest absolute Gasteiger partial charge is 0.319 e. The number of nitrogens with one attached hydrogen (secondary N) is 2. The lowest BCUT2D eigenvalue weighted by Crippen LogP contribution is -2.42. The van der Waals surface area contributed by atoms with Crippen molar-refractivity contribution in [2.24, 2.45) is 0 Å². The quantitative estimate of drug-likeness (QED) is 0.587. The van der Waals surface area contributed by atoms with Gasteiger partial charge in [-0.05, 0) is 31.9 Å². The minimum absolute atomic E-state index is 0.387. The monoisotopic (exact) mass is 431 g/mol. The minimum Gasteiger partial charge on any atom is -0.319 e. The van der Waals surface area contributed by atoms with Gasteiger partial charge in [-0.3, -0.25) is 14.5 Å². The van der Waals surface area contributed by atoms with Crippen LogP contribution in [0.1, 0.15) is 29.3 Å². The number of amides is 4. The van der Waals surface area contributed by atoms with Gasteiger partial charge in [0, 0.05) is 6.07 Å². The van der Waals surface area contributed by atoms with Crippen LogP contribution < -0.4 is 10.6 Å². The molecule has 4 amide bonds. The van der Waals surface area contributed by atoms with Gasteiger partial charge in [0.05, 0.1) is 12.2 Å². The molecule has 1 aliphatic heterocycles. The van der Waals surface area contributed by atoms with Crippen molar-refractivity contribution >= 4 is 23.7 Å². The van der Waals surface area contributed by atoms with Gasteiger partial charge in [0.15, 0.2) is 0 Å². The number of aromatic nitrogens is 2. The fraction of sp³-hybridized carbons (Fsp3) is 0.250. The predicted octanol–water partition coefficient (Wildman–Crippen LogP) is 2.95. The van der Waals surface area contributed by atoms with E-state index in [9.17, 15) is 14.4 Å². The summed E-state index contributed by atoms with van der Waals surface area (Å²) in [7, 11) is 0. The number of nitrogens with zero attached hydrogens (tertiary/aromatic N) is 3. The van der Waals surface area contributed by atoms with Crippen LogP contribution in [0.4, 0.5) is 10.6 Å². The molecule has 1 aromatic heterocycles. The second kappa shape index (κ2) is 8.30. The van der Waals surface area contributed by atoms with E-state index in [2.05, 4.69) is 15.7 Å². The summed E-state index contributed by atoms with van der Waals surface area (Å²) < 4.78 is 1.69. The molecule has 2 heterocycles. The average Bonchev–Trinajstić information content (AvgIpc) is 3.20. The van der Waals surface area contributed by atoms with E-state index in [1.54, 1.807) is 17.7 Å². The third kappa shape index (κ3) is 4.12. The number of rotatable bonds is 6. The van der Waals surface area contributed by atoms with Crippen molar-refractivity contribution < 1.29 is 14.4 Å². The average molecular weight is 431 g/mol. The number of hydrogen-bond donors (Lipinski definition) is 2. The topological polar surface area (TPSA) is 96.3 Å². The van der Waals surface area contributed by atoms with Crippen molar-refractivity contribution in [3.05, 3.63) is 83.0 Å². The lowest BCUT2D eigenvalue weighted by molar-refractivity contribution is -0.133. The van der Waals surface area contributed by atoms with Gasteiger partial charge in [-0.25, -0.2) is 9.48 Å². The van der Waals surface area contributed by atoms with E-state index in [0.29, 0.717) is 17.9 Å². The minimum atomic E-state index is -1.21. The molecule has 2 N–H and O–H groups in total. The molecule has 4 rings (SSSR count). The van der Waals surface area contributed by atoms with Crippen LogP contribution in [0.5, 0.6) is 0 Å². The molecule has 8 heteroatoms. The molecule has 1 saturated heterocycles. The molecule has 164 valence electrons. The first-order chi connectivity index (χ1) is 15.3. The van der Waals surface area contributed by atoms with E-state index < -0.39 is 23.4 Å². The molecular weight excluding hydrogens is 406 g/mol. The molecule has 0 bridgehead atoms. The van der Waals surface area contributed by atoms with E-state index in [0.717, 1.165) is 21.7 Å². The predicted molar refractivity (Wildman–Crippen MR) is 120 cm³/mol. The summed E-state index contributed by atoms with van der Waals surface area (Å²) in [5.74, 6) is -0.434. The Morgan fingerprint density at radius 1 is 1.06 bits per heavy atom. The summed E-state index contributed by atoms with van der Waals surface area (Å²) in [5, 5.41) is 9.94. The Kier molecular flexibility index (Phi) is 5.52. The molecule has 1 atom stereocenters. The zero-order valence-corrected chi connectivity index (χ0v) is 18.3. The van der Waals surface area contributed by atoms with Crippen LogP contribution >= 0.6 is 0 Å². The molecule has 0 radical (unpaired) electrons. The summed E-state index contributed by atoms with van der Waals surface area (Å²) in [4.78, 5) is 39.3. The number of carbonyl (C=O) groups is 3. The van der Waals surface area contributed by atoms with Crippen molar-refractivity contribution in [3.8, 4) is 0 Å². The molecule has 2 aromatic carbocycles. The molecule has 1 fully saturated rings. The maximum atomic E-state index is 13.1. The third-order valence-corrected chi connectivity index (χ3v) is 5.55. The number of anilines is 1. The van der Waals surface area contributed by atoms with Gasteiger partial charge in [-0.15, -0.1) is 0 Å². The van der Waals surface area contributed by atoms with Crippen LogP contribution in [0.3, 0.4) is 0 Å². The van der Waals surface area contributed by atoms with Crippen LogP contribution in [0.2, 0.25) is 0 Å². The number of carbonyl (C=O) groups excluding carboxylic acids is 3. The highest BCUT2D eigenvalue weighted by molar-refractivity contribution is 6.10. The molecule has 8 nitrogen and oxygen atoms in total. The van der Waals surface area contributed by atoms with Crippen molar-refractivity contribution in [2.75, 3.05) is 11.9 Å². The summed E-state index contributed by atoms with van der Waals surface area (Å²) in [6.45, 7) is 5.53. The molecule has 0 spiro atoms. The van der Waals surface area contributed by atoms with E-state index in [4.69, 9.17) is 0 Å². The van der Waals surface area contributed by atoms with Crippen molar-refractivity contribution in [3.63, 3.8) is 0 Å².